The van der Waals surface area contributed by atoms with Gasteiger partial charge < -0.3 is 20.8 Å². The largest absolute Gasteiger partial charge is 0.409 e. The molecule has 4 N–H and O–H groups in total. The summed E-state index contributed by atoms with van der Waals surface area (Å²) in [4.78, 5) is 4.26. The van der Waals surface area contributed by atoms with Gasteiger partial charge in [-0.3, -0.25) is 0 Å². The van der Waals surface area contributed by atoms with Crippen LogP contribution in [0.3, 0.4) is 0 Å². The van der Waals surface area contributed by atoms with Gasteiger partial charge in [0.1, 0.15) is 5.82 Å². The van der Waals surface area contributed by atoms with Crippen molar-refractivity contribution in [2.24, 2.45) is 17.9 Å². The Morgan fingerprint density at radius 3 is 2.95 bits per heavy atom. The average Bonchev–Trinajstić information content (AvgIpc) is 2.89. The zero-order valence-corrected chi connectivity index (χ0v) is 12.5. The quantitative estimate of drug-likeness (QED) is 0.248. The fourth-order valence-electron chi connectivity index (χ4n) is 1.97. The second kappa shape index (κ2) is 7.10. The molecule has 0 fully saturated rings. The molecule has 0 amide bonds. The van der Waals surface area contributed by atoms with Crippen molar-refractivity contribution in [1.29, 1.82) is 0 Å². The van der Waals surface area contributed by atoms with Crippen LogP contribution >= 0.6 is 11.6 Å². The first-order chi connectivity index (χ1) is 10.1. The van der Waals surface area contributed by atoms with Gasteiger partial charge in [0.15, 0.2) is 5.84 Å². The van der Waals surface area contributed by atoms with Crippen molar-refractivity contribution in [3.63, 3.8) is 0 Å². The van der Waals surface area contributed by atoms with Crippen molar-refractivity contribution in [1.82, 2.24) is 14.9 Å². The van der Waals surface area contributed by atoms with Crippen molar-refractivity contribution in [3.8, 4) is 0 Å². The molecule has 0 aliphatic rings. The molecule has 1 heterocycles. The van der Waals surface area contributed by atoms with Crippen LogP contribution in [0.2, 0.25) is 5.02 Å². The first-order valence-corrected chi connectivity index (χ1v) is 6.93. The number of benzene rings is 1. The first kappa shape index (κ1) is 15.3. The van der Waals surface area contributed by atoms with E-state index in [1.54, 1.807) is 18.3 Å². The molecule has 0 atom stereocenters. The van der Waals surface area contributed by atoms with Gasteiger partial charge in [0.2, 0.25) is 0 Å². The van der Waals surface area contributed by atoms with Crippen molar-refractivity contribution in [2.45, 2.75) is 13.0 Å². The van der Waals surface area contributed by atoms with E-state index in [0.717, 1.165) is 24.4 Å². The number of hydrogen-bond donors (Lipinski definition) is 3. The van der Waals surface area contributed by atoms with Crippen molar-refractivity contribution < 1.29 is 5.21 Å². The van der Waals surface area contributed by atoms with E-state index in [1.807, 2.05) is 23.9 Å². The number of oxime groups is 1. The van der Waals surface area contributed by atoms with Gasteiger partial charge >= 0.3 is 0 Å². The third-order valence-corrected chi connectivity index (χ3v) is 3.57. The van der Waals surface area contributed by atoms with E-state index in [-0.39, 0.29) is 5.84 Å². The molecule has 112 valence electrons. The maximum atomic E-state index is 8.63. The normalized spacial score (nSPS) is 11.8. The van der Waals surface area contributed by atoms with Gasteiger partial charge in [-0.2, -0.15) is 0 Å². The third-order valence-electron chi connectivity index (χ3n) is 3.22. The van der Waals surface area contributed by atoms with Gasteiger partial charge in [-0.25, -0.2) is 4.98 Å². The number of nitrogens with two attached hydrogens (primary N) is 1. The zero-order chi connectivity index (χ0) is 15.2. The number of rotatable bonds is 6. The Balaban J connectivity index is 1.87. The Labute approximate surface area is 128 Å². The van der Waals surface area contributed by atoms with Crippen LogP contribution in [0, 0.1) is 0 Å². The van der Waals surface area contributed by atoms with Crippen LogP contribution in [0.1, 0.15) is 17.0 Å². The highest BCUT2D eigenvalue weighted by atomic mass is 35.5. The van der Waals surface area contributed by atoms with E-state index < -0.39 is 0 Å². The summed E-state index contributed by atoms with van der Waals surface area (Å²) in [5.74, 6) is 1.09. The number of amidine groups is 1. The Hall–Kier alpha value is -2.05. The zero-order valence-electron chi connectivity index (χ0n) is 11.8. The van der Waals surface area contributed by atoms with Gasteiger partial charge in [-0.1, -0.05) is 28.9 Å². The molecular formula is C14H18ClN5O. The molecule has 0 aliphatic heterocycles. The lowest BCUT2D eigenvalue weighted by Crippen LogP contribution is -2.19. The van der Waals surface area contributed by atoms with E-state index in [0.29, 0.717) is 17.1 Å². The predicted octanol–water partition coefficient (Wildman–Crippen LogP) is 1.50. The second-order valence-electron chi connectivity index (χ2n) is 4.67. The van der Waals surface area contributed by atoms with Crippen molar-refractivity contribution in [3.05, 3.63) is 52.6 Å². The lowest BCUT2D eigenvalue weighted by Gasteiger charge is -2.08. The highest BCUT2D eigenvalue weighted by Gasteiger charge is 2.05. The SMILES string of the molecule is Cn1ccnc1CCNCc1ccc(/C(N)=N/O)cc1Cl. The number of nitrogens with one attached hydrogen (secondary N) is 1. The smallest absolute Gasteiger partial charge is 0.170 e. The minimum absolute atomic E-state index is 0.0474. The molecular weight excluding hydrogens is 290 g/mol. The number of aromatic nitrogens is 2. The summed E-state index contributed by atoms with van der Waals surface area (Å²) in [6.45, 7) is 1.46. The standard InChI is InChI=1S/C14H18ClN5O/c1-20-7-6-18-13(20)4-5-17-9-11-3-2-10(8-12(11)15)14(16)19-21/h2-3,6-8,17,21H,4-5,9H2,1H3,(H2,16,19). The van der Waals surface area contributed by atoms with Gasteiger partial charge in [-0.15, -0.1) is 0 Å². The average molecular weight is 308 g/mol. The van der Waals surface area contributed by atoms with E-state index in [9.17, 15) is 0 Å². The van der Waals surface area contributed by atoms with Crippen LogP contribution < -0.4 is 11.1 Å². The summed E-state index contributed by atoms with van der Waals surface area (Å²) in [5, 5.41) is 15.5. The van der Waals surface area contributed by atoms with Gasteiger partial charge in [0.05, 0.1) is 0 Å². The molecule has 0 bridgehead atoms. The molecule has 7 heteroatoms. The fourth-order valence-corrected chi connectivity index (χ4v) is 2.22. The van der Waals surface area contributed by atoms with E-state index in [2.05, 4.69) is 15.5 Å². The minimum Gasteiger partial charge on any atom is -0.409 e. The highest BCUT2D eigenvalue weighted by molar-refractivity contribution is 6.31. The van der Waals surface area contributed by atoms with Crippen LogP contribution in [0.4, 0.5) is 0 Å². The van der Waals surface area contributed by atoms with Gasteiger partial charge in [0, 0.05) is 49.5 Å². The number of aryl methyl sites for hydroxylation is 1. The molecule has 6 nitrogen and oxygen atoms in total. The second-order valence-corrected chi connectivity index (χ2v) is 5.08. The highest BCUT2D eigenvalue weighted by Crippen LogP contribution is 2.17. The summed E-state index contributed by atoms with van der Waals surface area (Å²) >= 11 is 6.19. The molecule has 0 radical (unpaired) electrons. The molecule has 2 rings (SSSR count). The Morgan fingerprint density at radius 2 is 2.33 bits per heavy atom. The van der Waals surface area contributed by atoms with E-state index >= 15 is 0 Å². The third kappa shape index (κ3) is 3.96. The molecule has 0 unspecified atom stereocenters. The summed E-state index contributed by atoms with van der Waals surface area (Å²) in [6.07, 6.45) is 4.57. The number of imidazole rings is 1. The van der Waals surface area contributed by atoms with Crippen molar-refractivity contribution in [2.75, 3.05) is 6.54 Å². The molecule has 21 heavy (non-hydrogen) atoms. The molecule has 0 saturated carbocycles. The van der Waals surface area contributed by atoms with Crippen LogP contribution in [0.5, 0.6) is 0 Å². The molecule has 0 spiro atoms. The molecule has 0 saturated heterocycles. The molecule has 1 aromatic heterocycles. The molecule has 0 aliphatic carbocycles. The van der Waals surface area contributed by atoms with Crippen LogP contribution in [-0.4, -0.2) is 27.1 Å². The number of halogens is 1. The summed E-state index contributed by atoms with van der Waals surface area (Å²) in [7, 11) is 1.98. The van der Waals surface area contributed by atoms with Crippen LogP contribution in [0.15, 0.2) is 35.7 Å². The summed E-state index contributed by atoms with van der Waals surface area (Å²) in [5.41, 5.74) is 7.08. The number of hydrogen-bond acceptors (Lipinski definition) is 4. The van der Waals surface area contributed by atoms with E-state index in [4.69, 9.17) is 22.5 Å². The summed E-state index contributed by atoms with van der Waals surface area (Å²) in [6, 6.07) is 5.33. The van der Waals surface area contributed by atoms with Gasteiger partial charge in [0.25, 0.3) is 0 Å². The van der Waals surface area contributed by atoms with E-state index in [1.165, 1.54) is 0 Å². The summed E-state index contributed by atoms with van der Waals surface area (Å²) < 4.78 is 2.00. The maximum absolute atomic E-state index is 8.63. The lowest BCUT2D eigenvalue weighted by molar-refractivity contribution is 0.318. The fraction of sp³-hybridized carbons (Fsp3) is 0.286. The van der Waals surface area contributed by atoms with Gasteiger partial charge in [-0.05, 0) is 11.6 Å². The molecule has 1 aromatic carbocycles. The number of nitrogens with zero attached hydrogens (tertiary/aromatic N) is 3. The Kier molecular flexibility index (Phi) is 5.19. The maximum Gasteiger partial charge on any atom is 0.170 e. The lowest BCUT2D eigenvalue weighted by atomic mass is 10.1. The van der Waals surface area contributed by atoms with Crippen LogP contribution in [-0.2, 0) is 20.0 Å². The Morgan fingerprint density at radius 1 is 1.52 bits per heavy atom. The first-order valence-electron chi connectivity index (χ1n) is 6.55. The Bertz CT molecular complexity index is 638. The molecule has 2 aromatic rings. The topological polar surface area (TPSA) is 88.5 Å². The van der Waals surface area contributed by atoms with Crippen LogP contribution in [0.25, 0.3) is 0 Å². The monoisotopic (exact) mass is 307 g/mol. The minimum atomic E-state index is 0.0474. The van der Waals surface area contributed by atoms with Crippen molar-refractivity contribution >= 4 is 17.4 Å². The predicted molar refractivity (Wildman–Crippen MR) is 82.6 cm³/mol.